The number of piperidine rings is 1. The minimum Gasteiger partial charge on any atom is -0.396 e. The van der Waals surface area contributed by atoms with Crippen LogP contribution in [0.3, 0.4) is 0 Å². The van der Waals surface area contributed by atoms with E-state index >= 15 is 0 Å². The fourth-order valence-electron chi connectivity index (χ4n) is 3.54. The lowest BCUT2D eigenvalue weighted by Crippen LogP contribution is -2.43. The molecule has 18 heavy (non-hydrogen) atoms. The van der Waals surface area contributed by atoms with Crippen molar-refractivity contribution in [2.24, 2.45) is 5.41 Å². The molecule has 0 amide bonds. The summed E-state index contributed by atoms with van der Waals surface area (Å²) in [6, 6.07) is 1.26. The summed E-state index contributed by atoms with van der Waals surface area (Å²) in [6.45, 7) is 4.83. The molecule has 1 aliphatic heterocycles. The Bertz CT molecular complexity index is 233. The Morgan fingerprint density at radius 2 is 2.06 bits per heavy atom. The molecule has 0 aromatic heterocycles. The van der Waals surface area contributed by atoms with Crippen LogP contribution < -0.4 is 10.6 Å². The first-order valence-electron chi connectivity index (χ1n) is 7.82. The zero-order chi connectivity index (χ0) is 12.8. The molecule has 3 N–H and O–H groups in total. The van der Waals surface area contributed by atoms with E-state index < -0.39 is 0 Å². The predicted molar refractivity (Wildman–Crippen MR) is 75.7 cm³/mol. The van der Waals surface area contributed by atoms with Gasteiger partial charge in [0.25, 0.3) is 0 Å². The highest BCUT2D eigenvalue weighted by atomic mass is 16.3. The van der Waals surface area contributed by atoms with Gasteiger partial charge in [0.2, 0.25) is 0 Å². The minimum absolute atomic E-state index is 0.189. The summed E-state index contributed by atoms with van der Waals surface area (Å²) in [4.78, 5) is 0. The molecular formula is C15H30N2O. The zero-order valence-corrected chi connectivity index (χ0v) is 11.9. The molecule has 1 aliphatic carbocycles. The second kappa shape index (κ2) is 6.88. The Hall–Kier alpha value is -0.120. The quantitative estimate of drug-likeness (QED) is 0.680. The second-order valence-corrected chi connectivity index (χ2v) is 6.53. The second-order valence-electron chi connectivity index (χ2n) is 6.53. The van der Waals surface area contributed by atoms with E-state index in [4.69, 9.17) is 0 Å². The molecule has 0 bridgehead atoms. The van der Waals surface area contributed by atoms with E-state index in [1.807, 2.05) is 0 Å². The third-order valence-electron chi connectivity index (χ3n) is 4.88. The summed E-state index contributed by atoms with van der Waals surface area (Å²) in [6.07, 6.45) is 10.3. The summed E-state index contributed by atoms with van der Waals surface area (Å²) < 4.78 is 0. The van der Waals surface area contributed by atoms with Gasteiger partial charge in [0.05, 0.1) is 0 Å². The summed E-state index contributed by atoms with van der Waals surface area (Å²) in [7, 11) is 0. The van der Waals surface area contributed by atoms with Gasteiger partial charge in [-0.1, -0.05) is 19.3 Å². The van der Waals surface area contributed by atoms with Crippen LogP contribution in [0.15, 0.2) is 0 Å². The van der Waals surface area contributed by atoms with Crippen LogP contribution in [0.25, 0.3) is 0 Å². The number of hydrogen-bond donors (Lipinski definition) is 3. The Balaban J connectivity index is 1.68. The molecule has 2 atom stereocenters. The highest BCUT2D eigenvalue weighted by Crippen LogP contribution is 2.37. The average Bonchev–Trinajstić information content (AvgIpc) is 2.87. The van der Waals surface area contributed by atoms with Crippen molar-refractivity contribution in [3.05, 3.63) is 0 Å². The van der Waals surface area contributed by atoms with Crippen LogP contribution in [0.5, 0.6) is 0 Å². The van der Waals surface area contributed by atoms with E-state index in [0.717, 1.165) is 6.54 Å². The largest absolute Gasteiger partial charge is 0.396 e. The van der Waals surface area contributed by atoms with E-state index in [1.165, 1.54) is 57.9 Å². The van der Waals surface area contributed by atoms with Crippen molar-refractivity contribution in [2.45, 2.75) is 70.4 Å². The van der Waals surface area contributed by atoms with E-state index in [-0.39, 0.29) is 5.41 Å². The lowest BCUT2D eigenvalue weighted by Gasteiger charge is -2.31. The van der Waals surface area contributed by atoms with Crippen molar-refractivity contribution in [2.75, 3.05) is 19.7 Å². The minimum atomic E-state index is 0.189. The van der Waals surface area contributed by atoms with E-state index in [9.17, 15) is 5.11 Å². The molecule has 2 unspecified atom stereocenters. The number of aliphatic hydroxyl groups is 1. The molecule has 1 heterocycles. The van der Waals surface area contributed by atoms with Gasteiger partial charge in [0.15, 0.2) is 0 Å². The molecule has 3 nitrogen and oxygen atoms in total. The number of nitrogens with one attached hydrogen (secondary N) is 2. The first-order valence-corrected chi connectivity index (χ1v) is 7.82. The lowest BCUT2D eigenvalue weighted by atomic mass is 9.86. The average molecular weight is 254 g/mol. The standard InChI is InChI=1S/C15H30N2O/c1-13(10-14-6-2-5-9-16-14)17-11-15(12-18)7-3-4-8-15/h13-14,16-18H,2-12H2,1H3. The Kier molecular flexibility index (Phi) is 5.46. The third-order valence-corrected chi connectivity index (χ3v) is 4.88. The van der Waals surface area contributed by atoms with Crippen LogP contribution in [0.2, 0.25) is 0 Å². The van der Waals surface area contributed by atoms with Gasteiger partial charge in [-0.25, -0.2) is 0 Å². The van der Waals surface area contributed by atoms with Gasteiger partial charge in [0.1, 0.15) is 0 Å². The van der Waals surface area contributed by atoms with Crippen molar-refractivity contribution in [3.63, 3.8) is 0 Å². The maximum absolute atomic E-state index is 9.60. The van der Waals surface area contributed by atoms with Crippen LogP contribution in [-0.4, -0.2) is 36.9 Å². The number of rotatable bonds is 6. The van der Waals surface area contributed by atoms with Gasteiger partial charge in [0, 0.05) is 30.7 Å². The molecule has 106 valence electrons. The maximum Gasteiger partial charge on any atom is 0.0499 e. The van der Waals surface area contributed by atoms with Crippen LogP contribution in [-0.2, 0) is 0 Å². The Morgan fingerprint density at radius 3 is 2.67 bits per heavy atom. The number of hydrogen-bond acceptors (Lipinski definition) is 3. The van der Waals surface area contributed by atoms with Gasteiger partial charge in [-0.2, -0.15) is 0 Å². The van der Waals surface area contributed by atoms with Gasteiger partial charge < -0.3 is 15.7 Å². The predicted octanol–water partition coefficient (Wildman–Crippen LogP) is 2.05. The van der Waals surface area contributed by atoms with Crippen molar-refractivity contribution in [3.8, 4) is 0 Å². The molecular weight excluding hydrogens is 224 g/mol. The maximum atomic E-state index is 9.60. The fraction of sp³-hybridized carbons (Fsp3) is 1.00. The summed E-state index contributed by atoms with van der Waals surface area (Å²) in [5, 5.41) is 16.9. The molecule has 0 aromatic rings. The first kappa shape index (κ1) is 14.3. The molecule has 3 heteroatoms. The lowest BCUT2D eigenvalue weighted by molar-refractivity contribution is 0.124. The molecule has 2 aliphatic rings. The third kappa shape index (κ3) is 3.94. The van der Waals surface area contributed by atoms with Crippen LogP contribution in [0.1, 0.15) is 58.3 Å². The summed E-state index contributed by atoms with van der Waals surface area (Å²) in [5.41, 5.74) is 0.189. The summed E-state index contributed by atoms with van der Waals surface area (Å²) in [5.74, 6) is 0. The SMILES string of the molecule is CC(CC1CCCCN1)NCC1(CO)CCCC1. The van der Waals surface area contributed by atoms with Crippen molar-refractivity contribution in [1.29, 1.82) is 0 Å². The van der Waals surface area contributed by atoms with Gasteiger partial charge >= 0.3 is 0 Å². The molecule has 0 aromatic carbocycles. The molecule has 0 radical (unpaired) electrons. The first-order chi connectivity index (χ1) is 8.74. The fourth-order valence-corrected chi connectivity index (χ4v) is 3.54. The highest BCUT2D eigenvalue weighted by molar-refractivity contribution is 4.87. The normalized spacial score (nSPS) is 29.3. The number of aliphatic hydroxyl groups excluding tert-OH is 1. The molecule has 2 rings (SSSR count). The van der Waals surface area contributed by atoms with Crippen molar-refractivity contribution >= 4 is 0 Å². The van der Waals surface area contributed by atoms with Crippen molar-refractivity contribution < 1.29 is 5.11 Å². The van der Waals surface area contributed by atoms with Crippen molar-refractivity contribution in [1.82, 2.24) is 10.6 Å². The Morgan fingerprint density at radius 1 is 1.28 bits per heavy atom. The van der Waals surface area contributed by atoms with Gasteiger partial charge in [-0.15, -0.1) is 0 Å². The van der Waals surface area contributed by atoms with Crippen LogP contribution in [0, 0.1) is 5.41 Å². The summed E-state index contributed by atoms with van der Waals surface area (Å²) >= 11 is 0. The molecule has 0 spiro atoms. The molecule has 1 saturated heterocycles. The highest BCUT2D eigenvalue weighted by Gasteiger charge is 2.33. The zero-order valence-electron chi connectivity index (χ0n) is 11.9. The van der Waals surface area contributed by atoms with Gasteiger partial charge in [-0.05, 0) is 45.6 Å². The smallest absolute Gasteiger partial charge is 0.0499 e. The van der Waals surface area contributed by atoms with Crippen LogP contribution in [0.4, 0.5) is 0 Å². The molecule has 2 fully saturated rings. The molecule has 1 saturated carbocycles. The monoisotopic (exact) mass is 254 g/mol. The van der Waals surface area contributed by atoms with E-state index in [2.05, 4.69) is 17.6 Å². The van der Waals surface area contributed by atoms with Gasteiger partial charge in [-0.3, -0.25) is 0 Å². The van der Waals surface area contributed by atoms with E-state index in [0.29, 0.717) is 18.7 Å². The Labute approximate surface area is 112 Å². The van der Waals surface area contributed by atoms with Crippen LogP contribution >= 0.6 is 0 Å². The van der Waals surface area contributed by atoms with E-state index in [1.54, 1.807) is 0 Å². The topological polar surface area (TPSA) is 44.3 Å².